The van der Waals surface area contributed by atoms with Gasteiger partial charge in [-0.05, 0) is 0 Å². The molecule has 0 spiro atoms. The monoisotopic (exact) mass is 283 g/mol. The van der Waals surface area contributed by atoms with E-state index in [0.717, 1.165) is 0 Å². The van der Waals surface area contributed by atoms with Crippen molar-refractivity contribution in [2.24, 2.45) is 7.05 Å². The predicted molar refractivity (Wildman–Crippen MR) is 70.8 cm³/mol. The average Bonchev–Trinajstić information content (AvgIpc) is 2.79. The SMILES string of the molecule is Cn1cc([N+](=O)[O-])c(N2CCN(CCC(=O)O)CC2)n1. The van der Waals surface area contributed by atoms with E-state index in [1.807, 2.05) is 9.80 Å². The van der Waals surface area contributed by atoms with Crippen molar-refractivity contribution in [2.45, 2.75) is 6.42 Å². The first-order chi connectivity index (χ1) is 9.47. The van der Waals surface area contributed by atoms with Gasteiger partial charge in [0, 0.05) is 39.8 Å². The first kappa shape index (κ1) is 14.3. The van der Waals surface area contributed by atoms with E-state index in [4.69, 9.17) is 5.11 Å². The summed E-state index contributed by atoms with van der Waals surface area (Å²) < 4.78 is 1.43. The molecule has 0 saturated carbocycles. The zero-order chi connectivity index (χ0) is 14.7. The summed E-state index contributed by atoms with van der Waals surface area (Å²) >= 11 is 0. The lowest BCUT2D eigenvalue weighted by atomic mass is 10.3. The second-order valence-corrected chi connectivity index (χ2v) is 4.74. The van der Waals surface area contributed by atoms with Crippen LogP contribution in [0.4, 0.5) is 11.5 Å². The van der Waals surface area contributed by atoms with Crippen molar-refractivity contribution in [1.29, 1.82) is 0 Å². The number of piperazine rings is 1. The Bertz CT molecular complexity index is 507. The van der Waals surface area contributed by atoms with E-state index in [-0.39, 0.29) is 12.1 Å². The number of nitro groups is 1. The van der Waals surface area contributed by atoms with Crippen molar-refractivity contribution in [3.05, 3.63) is 16.3 Å². The number of carbonyl (C=O) groups is 1. The maximum absolute atomic E-state index is 11.0. The highest BCUT2D eigenvalue weighted by Crippen LogP contribution is 2.26. The first-order valence-electron chi connectivity index (χ1n) is 6.34. The molecule has 0 bridgehead atoms. The number of aliphatic carboxylic acids is 1. The highest BCUT2D eigenvalue weighted by atomic mass is 16.6. The second kappa shape index (κ2) is 5.87. The topological polar surface area (TPSA) is 105 Å². The summed E-state index contributed by atoms with van der Waals surface area (Å²) in [5, 5.41) is 23.8. The van der Waals surface area contributed by atoms with Gasteiger partial charge >= 0.3 is 11.7 Å². The third kappa shape index (κ3) is 3.23. The van der Waals surface area contributed by atoms with Crippen molar-refractivity contribution in [3.63, 3.8) is 0 Å². The summed E-state index contributed by atoms with van der Waals surface area (Å²) in [6.07, 6.45) is 1.51. The number of carboxylic acids is 1. The van der Waals surface area contributed by atoms with Gasteiger partial charge in [-0.15, -0.1) is 5.10 Å². The van der Waals surface area contributed by atoms with E-state index in [1.165, 1.54) is 10.9 Å². The van der Waals surface area contributed by atoms with Gasteiger partial charge in [0.15, 0.2) is 0 Å². The van der Waals surface area contributed by atoms with Crippen LogP contribution in [0, 0.1) is 10.1 Å². The molecule has 0 amide bonds. The standard InChI is InChI=1S/C11H17N5O4/c1-13-8-9(16(19)20)11(12-13)15-6-4-14(5-7-15)3-2-10(17)18/h8H,2-7H2,1H3,(H,17,18). The fourth-order valence-electron chi connectivity index (χ4n) is 2.26. The minimum atomic E-state index is -0.812. The highest BCUT2D eigenvalue weighted by Gasteiger charge is 2.27. The Balaban J connectivity index is 1.97. The number of aryl methyl sites for hydroxylation is 1. The van der Waals surface area contributed by atoms with Gasteiger partial charge in [0.25, 0.3) is 0 Å². The molecule has 0 radical (unpaired) electrons. The quantitative estimate of drug-likeness (QED) is 0.595. The lowest BCUT2D eigenvalue weighted by Crippen LogP contribution is -2.47. The van der Waals surface area contributed by atoms with E-state index in [9.17, 15) is 14.9 Å². The van der Waals surface area contributed by atoms with E-state index in [1.54, 1.807) is 7.05 Å². The van der Waals surface area contributed by atoms with Crippen LogP contribution in [0.3, 0.4) is 0 Å². The largest absolute Gasteiger partial charge is 0.481 e. The van der Waals surface area contributed by atoms with Gasteiger partial charge < -0.3 is 10.0 Å². The molecule has 110 valence electrons. The van der Waals surface area contributed by atoms with Crippen LogP contribution in [-0.4, -0.2) is 63.4 Å². The Hall–Kier alpha value is -2.16. The van der Waals surface area contributed by atoms with Crippen LogP contribution in [0.1, 0.15) is 6.42 Å². The minimum Gasteiger partial charge on any atom is -0.481 e. The number of carboxylic acid groups (broad SMARTS) is 1. The lowest BCUT2D eigenvalue weighted by Gasteiger charge is -2.34. The first-order valence-corrected chi connectivity index (χ1v) is 6.34. The van der Waals surface area contributed by atoms with Gasteiger partial charge in [0.05, 0.1) is 11.3 Å². The molecule has 0 aliphatic carbocycles. The molecule has 0 unspecified atom stereocenters. The number of hydrogen-bond acceptors (Lipinski definition) is 6. The predicted octanol–water partition coefficient (Wildman–Crippen LogP) is -0.0750. The number of aromatic nitrogens is 2. The molecule has 1 aromatic heterocycles. The van der Waals surface area contributed by atoms with E-state index >= 15 is 0 Å². The molecular formula is C11H17N5O4. The van der Waals surface area contributed by atoms with Crippen LogP contribution in [0.25, 0.3) is 0 Å². The Kier molecular flexibility index (Phi) is 4.18. The van der Waals surface area contributed by atoms with Gasteiger partial charge in [-0.3, -0.25) is 24.5 Å². The van der Waals surface area contributed by atoms with Gasteiger partial charge in [-0.25, -0.2) is 0 Å². The summed E-state index contributed by atoms with van der Waals surface area (Å²) in [5.74, 6) is -0.428. The molecule has 1 N–H and O–H groups in total. The van der Waals surface area contributed by atoms with E-state index < -0.39 is 10.9 Å². The zero-order valence-corrected chi connectivity index (χ0v) is 11.2. The Labute approximate surface area is 115 Å². The summed E-state index contributed by atoms with van der Waals surface area (Å²) in [4.78, 5) is 25.0. The van der Waals surface area contributed by atoms with Crippen molar-refractivity contribution < 1.29 is 14.8 Å². The van der Waals surface area contributed by atoms with Crippen LogP contribution < -0.4 is 4.90 Å². The van der Waals surface area contributed by atoms with Crippen LogP contribution >= 0.6 is 0 Å². The van der Waals surface area contributed by atoms with E-state index in [2.05, 4.69) is 5.10 Å². The maximum Gasteiger partial charge on any atom is 0.330 e. The molecule has 1 aliphatic rings. The lowest BCUT2D eigenvalue weighted by molar-refractivity contribution is -0.384. The van der Waals surface area contributed by atoms with Crippen LogP contribution in [0.2, 0.25) is 0 Å². The second-order valence-electron chi connectivity index (χ2n) is 4.74. The molecule has 0 aromatic carbocycles. The molecule has 20 heavy (non-hydrogen) atoms. The highest BCUT2D eigenvalue weighted by molar-refractivity contribution is 5.66. The molecular weight excluding hydrogens is 266 g/mol. The molecule has 9 nitrogen and oxygen atoms in total. The van der Waals surface area contributed by atoms with Gasteiger partial charge in [0.2, 0.25) is 5.82 Å². The molecule has 0 atom stereocenters. The summed E-state index contributed by atoms with van der Waals surface area (Å²) in [6, 6.07) is 0. The summed E-state index contributed by atoms with van der Waals surface area (Å²) in [5.41, 5.74) is 0.00601. The molecule has 1 saturated heterocycles. The van der Waals surface area contributed by atoms with E-state index in [0.29, 0.717) is 38.5 Å². The van der Waals surface area contributed by atoms with Gasteiger partial charge in [-0.2, -0.15) is 0 Å². The smallest absolute Gasteiger partial charge is 0.330 e. The fraction of sp³-hybridized carbons (Fsp3) is 0.636. The number of anilines is 1. The third-order valence-electron chi connectivity index (χ3n) is 3.30. The molecule has 2 rings (SSSR count). The summed E-state index contributed by atoms with van der Waals surface area (Å²) in [7, 11) is 1.65. The maximum atomic E-state index is 11.0. The average molecular weight is 283 g/mol. The Morgan fingerprint density at radius 1 is 1.45 bits per heavy atom. The van der Waals surface area contributed by atoms with Crippen molar-refractivity contribution in [1.82, 2.24) is 14.7 Å². The fourth-order valence-corrected chi connectivity index (χ4v) is 2.26. The minimum absolute atomic E-state index is 0.00601. The van der Waals surface area contributed by atoms with Gasteiger partial charge in [0.1, 0.15) is 6.20 Å². The summed E-state index contributed by atoms with van der Waals surface area (Å²) in [6.45, 7) is 3.09. The zero-order valence-electron chi connectivity index (χ0n) is 11.2. The Morgan fingerprint density at radius 2 is 2.10 bits per heavy atom. The van der Waals surface area contributed by atoms with Gasteiger partial charge in [-0.1, -0.05) is 0 Å². The van der Waals surface area contributed by atoms with Crippen molar-refractivity contribution >= 4 is 17.5 Å². The Morgan fingerprint density at radius 3 is 2.65 bits per heavy atom. The number of nitrogens with zero attached hydrogens (tertiary/aromatic N) is 5. The molecule has 9 heteroatoms. The molecule has 1 aromatic rings. The van der Waals surface area contributed by atoms with Crippen LogP contribution in [-0.2, 0) is 11.8 Å². The van der Waals surface area contributed by atoms with Crippen molar-refractivity contribution in [3.8, 4) is 0 Å². The molecule has 1 fully saturated rings. The van der Waals surface area contributed by atoms with Crippen LogP contribution in [0.15, 0.2) is 6.20 Å². The van der Waals surface area contributed by atoms with Crippen molar-refractivity contribution in [2.75, 3.05) is 37.6 Å². The molecule has 1 aliphatic heterocycles. The third-order valence-corrected chi connectivity index (χ3v) is 3.30. The number of hydrogen-bond donors (Lipinski definition) is 1. The number of rotatable bonds is 5. The normalized spacial score (nSPS) is 16.4. The molecule has 2 heterocycles. The van der Waals surface area contributed by atoms with Crippen LogP contribution in [0.5, 0.6) is 0 Å².